The van der Waals surface area contributed by atoms with Crippen LogP contribution in [0.1, 0.15) is 13.8 Å². The third kappa shape index (κ3) is 2.87. The van der Waals surface area contributed by atoms with Gasteiger partial charge in [-0.3, -0.25) is 0 Å². The normalized spacial score (nSPS) is 18.9. The molecule has 6 nitrogen and oxygen atoms in total. The second-order valence-corrected chi connectivity index (χ2v) is 4.95. The second kappa shape index (κ2) is 4.11. The number of aliphatic imine (C=N–C) groups is 1. The van der Waals surface area contributed by atoms with E-state index in [1.165, 1.54) is 0 Å². The van der Waals surface area contributed by atoms with Crippen LogP contribution in [0.3, 0.4) is 0 Å². The average Bonchev–Trinajstić information content (AvgIpc) is 2.37. The number of hydrogen-bond donors (Lipinski definition) is 1. The van der Waals surface area contributed by atoms with E-state index in [0.717, 1.165) is 5.41 Å². The number of carbonyl (C=O) groups is 1. The van der Waals surface area contributed by atoms with Crippen molar-refractivity contribution in [1.29, 1.82) is 0 Å². The third-order valence-electron chi connectivity index (χ3n) is 1.55. The van der Waals surface area contributed by atoms with E-state index in [0.29, 0.717) is 0 Å². The van der Waals surface area contributed by atoms with Gasteiger partial charge in [0.05, 0.1) is 23.8 Å². The fraction of sp³-hybridized carbons (Fsp3) is 0.500. The number of ether oxygens (including phenoxy) is 1. The van der Waals surface area contributed by atoms with E-state index in [-0.39, 0.29) is 18.4 Å². The monoisotopic (exact) mass is 233 g/mol. The van der Waals surface area contributed by atoms with Crippen LogP contribution in [-0.2, 0) is 19.4 Å². The van der Waals surface area contributed by atoms with Crippen LogP contribution in [0.2, 0.25) is 0 Å². The number of sulfone groups is 1. The molecule has 0 saturated heterocycles. The summed E-state index contributed by atoms with van der Waals surface area (Å²) in [6.45, 7) is 3.56. The zero-order valence-corrected chi connectivity index (χ0v) is 9.11. The zero-order valence-electron chi connectivity index (χ0n) is 8.30. The maximum Gasteiger partial charge on any atom is 0.366 e. The fourth-order valence-electron chi connectivity index (χ4n) is 0.943. The number of nitrogens with zero attached hydrogens (tertiary/aromatic N) is 1. The van der Waals surface area contributed by atoms with Gasteiger partial charge in [0.25, 0.3) is 0 Å². The molecule has 0 aliphatic carbocycles. The van der Waals surface area contributed by atoms with E-state index < -0.39 is 20.9 Å². The Morgan fingerprint density at radius 2 is 2.20 bits per heavy atom. The van der Waals surface area contributed by atoms with Crippen molar-refractivity contribution in [2.75, 3.05) is 6.61 Å². The highest BCUT2D eigenvalue weighted by Crippen LogP contribution is 2.15. The zero-order chi connectivity index (χ0) is 11.6. The van der Waals surface area contributed by atoms with Crippen LogP contribution in [-0.4, -0.2) is 37.2 Å². The Morgan fingerprint density at radius 1 is 1.60 bits per heavy atom. The number of carboxylic acids is 1. The minimum absolute atomic E-state index is 0.00627. The molecule has 15 heavy (non-hydrogen) atoms. The lowest BCUT2D eigenvalue weighted by atomic mass is 10.4. The molecule has 0 spiro atoms. The Bertz CT molecular complexity index is 432. The minimum Gasteiger partial charge on any atom is -0.476 e. The molecule has 0 aromatic rings. The molecule has 0 amide bonds. The molecule has 84 valence electrons. The summed E-state index contributed by atoms with van der Waals surface area (Å²) < 4.78 is 27.5. The topological polar surface area (TPSA) is 93.0 Å². The summed E-state index contributed by atoms with van der Waals surface area (Å²) in [7, 11) is -3.87. The van der Waals surface area contributed by atoms with Crippen LogP contribution in [0, 0.1) is 0 Å². The maximum absolute atomic E-state index is 11.2. The molecule has 0 fully saturated rings. The first-order valence-electron chi connectivity index (χ1n) is 4.22. The molecule has 0 radical (unpaired) electrons. The Balaban J connectivity index is 2.84. The van der Waals surface area contributed by atoms with Crippen LogP contribution >= 0.6 is 0 Å². The first-order valence-corrected chi connectivity index (χ1v) is 5.77. The fourth-order valence-corrected chi connectivity index (χ4v) is 2.02. The predicted molar refractivity (Wildman–Crippen MR) is 53.2 cm³/mol. The van der Waals surface area contributed by atoms with Gasteiger partial charge in [-0.15, -0.1) is 0 Å². The van der Waals surface area contributed by atoms with Crippen molar-refractivity contribution in [1.82, 2.24) is 0 Å². The van der Waals surface area contributed by atoms with Gasteiger partial charge in [-0.1, -0.05) is 0 Å². The Labute approximate surface area is 87.2 Å². The van der Waals surface area contributed by atoms with Gasteiger partial charge in [0.2, 0.25) is 14.9 Å². The highest BCUT2D eigenvalue weighted by atomic mass is 32.2. The molecule has 0 atom stereocenters. The van der Waals surface area contributed by atoms with Crippen molar-refractivity contribution in [2.24, 2.45) is 4.99 Å². The van der Waals surface area contributed by atoms with E-state index in [4.69, 9.17) is 9.84 Å². The average molecular weight is 233 g/mol. The summed E-state index contributed by atoms with van der Waals surface area (Å²) in [5, 5.41) is 8.54. The first kappa shape index (κ1) is 11.9. The molecule has 7 heteroatoms. The van der Waals surface area contributed by atoms with E-state index in [1.807, 2.05) is 0 Å². The number of hydrogen-bond acceptors (Lipinski definition) is 5. The van der Waals surface area contributed by atoms with Crippen LogP contribution in [0.4, 0.5) is 0 Å². The van der Waals surface area contributed by atoms with E-state index >= 15 is 0 Å². The minimum atomic E-state index is -3.87. The Morgan fingerprint density at radius 3 is 2.60 bits per heavy atom. The molecule has 0 unspecified atom stereocenters. The molecule has 1 aliphatic rings. The van der Waals surface area contributed by atoms with Gasteiger partial charge in [-0.05, 0) is 13.8 Å². The van der Waals surface area contributed by atoms with Crippen LogP contribution < -0.4 is 0 Å². The largest absolute Gasteiger partial charge is 0.476 e. The standard InChI is InChI=1S/C8H11NO5S/c1-5(2)14-3-6-4-15(12,13)7(9-6)8(10)11/h4-5H,3H2,1-2H3,(H,10,11). The molecule has 1 N–H and O–H groups in total. The number of aliphatic carboxylic acids is 1. The van der Waals surface area contributed by atoms with Crippen molar-refractivity contribution >= 4 is 20.9 Å². The second-order valence-electron chi connectivity index (χ2n) is 3.24. The summed E-state index contributed by atoms with van der Waals surface area (Å²) in [4.78, 5) is 14.0. The van der Waals surface area contributed by atoms with Gasteiger partial charge in [-0.2, -0.15) is 0 Å². The van der Waals surface area contributed by atoms with Crippen LogP contribution in [0.25, 0.3) is 0 Å². The first-order chi connectivity index (χ1) is 6.83. The summed E-state index contributed by atoms with van der Waals surface area (Å²) in [6, 6.07) is 0. The number of rotatable bonds is 4. The van der Waals surface area contributed by atoms with Gasteiger partial charge >= 0.3 is 5.97 Å². The van der Waals surface area contributed by atoms with Crippen molar-refractivity contribution in [3.8, 4) is 0 Å². The highest BCUT2D eigenvalue weighted by molar-refractivity contribution is 8.11. The molecular weight excluding hydrogens is 222 g/mol. The molecule has 1 rings (SSSR count). The molecule has 0 bridgehead atoms. The number of carboxylic acid groups (broad SMARTS) is 1. The molecule has 0 aromatic heterocycles. The van der Waals surface area contributed by atoms with E-state index in [1.54, 1.807) is 13.8 Å². The van der Waals surface area contributed by atoms with Crippen molar-refractivity contribution < 1.29 is 23.1 Å². The van der Waals surface area contributed by atoms with E-state index in [9.17, 15) is 13.2 Å². The maximum atomic E-state index is 11.2. The molecule has 1 heterocycles. The summed E-state index contributed by atoms with van der Waals surface area (Å²) in [6.07, 6.45) is -0.0716. The smallest absolute Gasteiger partial charge is 0.366 e. The molecule has 1 aliphatic heterocycles. The van der Waals surface area contributed by atoms with Gasteiger partial charge in [-0.25, -0.2) is 18.2 Å². The summed E-state index contributed by atoms with van der Waals surface area (Å²) in [5.41, 5.74) is 0.112. The Kier molecular flexibility index (Phi) is 3.25. The highest BCUT2D eigenvalue weighted by Gasteiger charge is 2.30. The lowest BCUT2D eigenvalue weighted by Crippen LogP contribution is -2.19. The lowest BCUT2D eigenvalue weighted by molar-refractivity contribution is -0.129. The third-order valence-corrected chi connectivity index (χ3v) is 2.94. The van der Waals surface area contributed by atoms with Crippen molar-refractivity contribution in [2.45, 2.75) is 20.0 Å². The van der Waals surface area contributed by atoms with E-state index in [2.05, 4.69) is 4.99 Å². The van der Waals surface area contributed by atoms with Crippen LogP contribution in [0.15, 0.2) is 16.1 Å². The summed E-state index contributed by atoms with van der Waals surface area (Å²) >= 11 is 0. The Hall–Kier alpha value is -1.21. The summed E-state index contributed by atoms with van der Waals surface area (Å²) in [5.74, 6) is -1.55. The molecule has 0 aromatic carbocycles. The molecule has 0 saturated carbocycles. The SMILES string of the molecule is CC(C)OCC1=CS(=O)(=O)C(C(=O)O)=N1. The lowest BCUT2D eigenvalue weighted by Gasteiger charge is -2.04. The van der Waals surface area contributed by atoms with Crippen molar-refractivity contribution in [3.63, 3.8) is 0 Å². The van der Waals surface area contributed by atoms with Crippen molar-refractivity contribution in [3.05, 3.63) is 11.1 Å². The quantitative estimate of drug-likeness (QED) is 0.746. The van der Waals surface area contributed by atoms with Gasteiger partial charge in [0.1, 0.15) is 0 Å². The molecular formula is C8H11NO5S. The van der Waals surface area contributed by atoms with Crippen LogP contribution in [0.5, 0.6) is 0 Å². The van der Waals surface area contributed by atoms with Gasteiger partial charge in [0.15, 0.2) is 0 Å². The van der Waals surface area contributed by atoms with Gasteiger partial charge in [0, 0.05) is 0 Å². The van der Waals surface area contributed by atoms with Gasteiger partial charge < -0.3 is 9.84 Å². The predicted octanol–water partition coefficient (Wildman–Crippen LogP) is 0.164.